The first kappa shape index (κ1) is 22.4. The van der Waals surface area contributed by atoms with Crippen LogP contribution in [0.15, 0.2) is 17.0 Å². The molecule has 0 aromatic heterocycles. The summed E-state index contributed by atoms with van der Waals surface area (Å²) in [5.41, 5.74) is 5.72. The highest BCUT2D eigenvalue weighted by atomic mass is 32.2. The van der Waals surface area contributed by atoms with E-state index < -0.39 is 19.0 Å². The van der Waals surface area contributed by atoms with Crippen LogP contribution in [0.25, 0.3) is 0 Å². The molecule has 0 spiro atoms. The lowest BCUT2D eigenvalue weighted by atomic mass is 9.72. The average Bonchev–Trinajstić information content (AvgIpc) is 2.59. The predicted molar refractivity (Wildman–Crippen MR) is 103 cm³/mol. The summed E-state index contributed by atoms with van der Waals surface area (Å²) in [5.74, 6) is -1.26. The van der Waals surface area contributed by atoms with E-state index in [0.717, 1.165) is 18.0 Å². The number of carbonyl (C=O) groups excluding carboxylic acids is 2. The van der Waals surface area contributed by atoms with Crippen molar-refractivity contribution in [3.05, 3.63) is 23.3 Å². The zero-order valence-electron chi connectivity index (χ0n) is 14.4. The molecule has 1 heterocycles. The van der Waals surface area contributed by atoms with E-state index in [4.69, 9.17) is 10.4 Å². The van der Waals surface area contributed by atoms with Crippen LogP contribution in [-0.4, -0.2) is 66.2 Å². The van der Waals surface area contributed by atoms with Crippen LogP contribution in [0.5, 0.6) is 5.75 Å². The minimum atomic E-state index is -1.17. The van der Waals surface area contributed by atoms with Crippen LogP contribution < -0.4 is 15.7 Å². The lowest BCUT2D eigenvalue weighted by Crippen LogP contribution is -2.50. The molecule has 0 aliphatic carbocycles. The molecule has 142 valence electrons. The van der Waals surface area contributed by atoms with Crippen LogP contribution in [0, 0.1) is 0 Å². The Labute approximate surface area is 160 Å². The van der Waals surface area contributed by atoms with E-state index in [1.807, 2.05) is 6.26 Å². The van der Waals surface area contributed by atoms with Crippen molar-refractivity contribution in [3.63, 3.8) is 0 Å². The molecule has 5 N–H and O–H groups in total. The third-order valence-electron chi connectivity index (χ3n) is 3.41. The summed E-state index contributed by atoms with van der Waals surface area (Å²) in [6, 6.07) is 3.37. The van der Waals surface area contributed by atoms with Crippen molar-refractivity contribution < 1.29 is 29.2 Å². The molecule has 0 saturated heterocycles. The van der Waals surface area contributed by atoms with Crippen LogP contribution in [0.4, 0.5) is 0 Å². The number of carboxylic acids is 1. The topological polar surface area (TPSA) is 139 Å². The third kappa shape index (κ3) is 6.24. The number of carboxylic acid groups (broad SMARTS) is 1. The molecule has 0 bridgehead atoms. The van der Waals surface area contributed by atoms with E-state index in [0.29, 0.717) is 22.6 Å². The molecule has 0 saturated carbocycles. The van der Waals surface area contributed by atoms with Gasteiger partial charge in [-0.15, -0.1) is 11.8 Å². The number of benzene rings is 1. The van der Waals surface area contributed by atoms with Crippen LogP contribution in [-0.2, 0) is 16.0 Å². The Bertz CT molecular complexity index is 661. The van der Waals surface area contributed by atoms with Gasteiger partial charge in [-0.05, 0) is 31.4 Å². The molecule has 1 unspecified atom stereocenters. The molecule has 1 aliphatic heterocycles. The second-order valence-electron chi connectivity index (χ2n) is 5.22. The number of nitrogens with two attached hydrogens (primary N) is 1. The van der Waals surface area contributed by atoms with E-state index in [1.165, 1.54) is 11.8 Å². The van der Waals surface area contributed by atoms with Crippen molar-refractivity contribution in [2.75, 3.05) is 24.8 Å². The average molecular weight is 400 g/mol. The first-order valence-electron chi connectivity index (χ1n) is 7.60. The Morgan fingerprint density at radius 2 is 2.19 bits per heavy atom. The van der Waals surface area contributed by atoms with Gasteiger partial charge in [0.2, 0.25) is 5.91 Å². The van der Waals surface area contributed by atoms with Gasteiger partial charge in [0.25, 0.3) is 0 Å². The zero-order valence-corrected chi connectivity index (χ0v) is 16.1. The third-order valence-corrected chi connectivity index (χ3v) is 4.96. The summed E-state index contributed by atoms with van der Waals surface area (Å²) >= 11 is 2.57. The minimum absolute atomic E-state index is 0.0270. The van der Waals surface area contributed by atoms with Gasteiger partial charge >= 0.3 is 13.1 Å². The molecule has 26 heavy (non-hydrogen) atoms. The number of hydrogen-bond donors (Lipinski definition) is 4. The smallest absolute Gasteiger partial charge is 0.534 e. The van der Waals surface area contributed by atoms with Crippen LogP contribution in [0.1, 0.15) is 15.9 Å². The number of nitrogens with one attached hydrogen (secondary N) is 1. The van der Waals surface area contributed by atoms with Gasteiger partial charge in [-0.3, -0.25) is 4.79 Å². The fraction of sp³-hybridized carbons (Fsp3) is 0.400. The number of amides is 1. The normalized spacial score (nSPS) is 15.2. The molecular weight excluding hydrogens is 379 g/mol. The van der Waals surface area contributed by atoms with Crippen molar-refractivity contribution in [1.29, 1.82) is 0 Å². The highest BCUT2D eigenvalue weighted by Gasteiger charge is 2.36. The van der Waals surface area contributed by atoms with Crippen molar-refractivity contribution in [2.45, 2.75) is 17.3 Å². The van der Waals surface area contributed by atoms with Crippen molar-refractivity contribution in [3.8, 4) is 5.75 Å². The lowest BCUT2D eigenvalue weighted by molar-refractivity contribution is -0.115. The lowest BCUT2D eigenvalue weighted by Gasteiger charge is -2.28. The largest absolute Gasteiger partial charge is 0.541 e. The molecule has 1 amide bonds. The number of aldehydes is 1. The summed E-state index contributed by atoms with van der Waals surface area (Å²) in [6.07, 6.45) is 3.24. The molecule has 1 aliphatic rings. The summed E-state index contributed by atoms with van der Waals surface area (Å²) in [4.78, 5) is 32.1. The van der Waals surface area contributed by atoms with Crippen molar-refractivity contribution in [2.24, 2.45) is 5.73 Å². The maximum absolute atomic E-state index is 11.5. The van der Waals surface area contributed by atoms with Crippen LogP contribution in [0.2, 0.25) is 0 Å². The molecule has 8 nitrogen and oxygen atoms in total. The molecule has 1 aromatic rings. The summed E-state index contributed by atoms with van der Waals surface area (Å²) in [6.45, 7) is 0. The maximum atomic E-state index is 11.5. The number of rotatable bonds is 7. The fourth-order valence-electron chi connectivity index (χ4n) is 2.23. The van der Waals surface area contributed by atoms with Crippen molar-refractivity contribution in [1.82, 2.24) is 5.32 Å². The Kier molecular flexibility index (Phi) is 9.56. The number of hydrogen-bond acceptors (Lipinski definition) is 8. The summed E-state index contributed by atoms with van der Waals surface area (Å²) in [5, 5.41) is 22.2. The summed E-state index contributed by atoms with van der Waals surface area (Å²) < 4.78 is 5.36. The standard InChI is InChI=1S/C12H15BN2O5S.C3H6OS/c1-15-8-4-6-2-3-7(21-5-9(14)16)10(12(17)18)11(6)20-13(8)19;1-5-3-2-4/h2-3,8,15,19H,4-5H2,1H3,(H2,14,16)(H,17,18);2H,3H2,1H3. The molecular formula is C15H21BN2O6S2. The molecule has 1 atom stereocenters. The molecule has 1 aromatic carbocycles. The number of fused-ring (bicyclic) bond motifs is 1. The Balaban J connectivity index is 0.000000597. The Morgan fingerprint density at radius 1 is 1.50 bits per heavy atom. The number of primary amides is 1. The van der Waals surface area contributed by atoms with Crippen LogP contribution in [0.3, 0.4) is 0 Å². The quantitative estimate of drug-likeness (QED) is 0.284. The molecule has 0 radical (unpaired) electrons. The van der Waals surface area contributed by atoms with Gasteiger partial charge in [0.05, 0.1) is 11.7 Å². The molecule has 11 heteroatoms. The zero-order chi connectivity index (χ0) is 19.7. The fourth-order valence-corrected chi connectivity index (χ4v) is 3.15. The predicted octanol–water partition coefficient (Wildman–Crippen LogP) is 0.0531. The highest BCUT2D eigenvalue weighted by Crippen LogP contribution is 2.36. The second-order valence-corrected chi connectivity index (χ2v) is 7.14. The highest BCUT2D eigenvalue weighted by molar-refractivity contribution is 8.00. The Hall–Kier alpha value is -1.69. The van der Waals surface area contributed by atoms with Gasteiger partial charge in [0.1, 0.15) is 17.6 Å². The second kappa shape index (κ2) is 11.1. The first-order chi connectivity index (χ1) is 12.3. The number of aromatic carboxylic acids is 1. The Morgan fingerprint density at radius 3 is 2.65 bits per heavy atom. The number of thioether (sulfide) groups is 2. The van der Waals surface area contributed by atoms with Gasteiger partial charge in [-0.2, -0.15) is 11.8 Å². The van der Waals surface area contributed by atoms with E-state index in [-0.39, 0.29) is 23.0 Å². The number of carbonyl (C=O) groups is 3. The first-order valence-corrected chi connectivity index (χ1v) is 9.98. The van der Waals surface area contributed by atoms with Gasteiger partial charge < -0.3 is 30.6 Å². The monoisotopic (exact) mass is 400 g/mol. The van der Waals surface area contributed by atoms with E-state index in [1.54, 1.807) is 19.2 Å². The van der Waals surface area contributed by atoms with E-state index >= 15 is 0 Å². The summed E-state index contributed by atoms with van der Waals surface area (Å²) in [7, 11) is 0.564. The van der Waals surface area contributed by atoms with Gasteiger partial charge in [0.15, 0.2) is 0 Å². The van der Waals surface area contributed by atoms with Gasteiger partial charge in [-0.1, -0.05) is 6.07 Å². The molecule has 0 fully saturated rings. The van der Waals surface area contributed by atoms with Gasteiger partial charge in [0, 0.05) is 10.6 Å². The maximum Gasteiger partial charge on any atom is 0.541 e. The van der Waals surface area contributed by atoms with E-state index in [9.17, 15) is 24.5 Å². The van der Waals surface area contributed by atoms with Crippen LogP contribution >= 0.6 is 23.5 Å². The molecule has 2 rings (SSSR count). The van der Waals surface area contributed by atoms with Crippen molar-refractivity contribution >= 4 is 48.8 Å². The SMILES string of the molecule is CNC1Cc2ccc(SCC(N)=O)c(C(=O)O)c2OB1O.CSCC=O. The number of likely N-dealkylation sites (N-methyl/N-ethyl adjacent to an activating group) is 1. The van der Waals surface area contributed by atoms with Gasteiger partial charge in [-0.25, -0.2) is 4.79 Å². The van der Waals surface area contributed by atoms with E-state index in [2.05, 4.69) is 5.32 Å². The minimum Gasteiger partial charge on any atom is -0.534 e.